The quantitative estimate of drug-likeness (QED) is 0.490. The van der Waals surface area contributed by atoms with E-state index >= 15 is 0 Å². The fourth-order valence-electron chi connectivity index (χ4n) is 1.31. The Labute approximate surface area is 126 Å². The van der Waals surface area contributed by atoms with Crippen LogP contribution in [0.1, 0.15) is 39.1 Å². The van der Waals surface area contributed by atoms with Crippen LogP contribution in [0.4, 0.5) is 0 Å². The van der Waals surface area contributed by atoms with E-state index < -0.39 is 0 Å². The van der Waals surface area contributed by atoms with Crippen LogP contribution in [0.15, 0.2) is 15.6 Å². The molecule has 0 atom stereocenters. The molecular formula is C12H23IN4O. The molecule has 0 fully saturated rings. The molecule has 5 nitrogen and oxygen atoms in total. The minimum Gasteiger partial charge on any atom is -0.359 e. The van der Waals surface area contributed by atoms with Gasteiger partial charge in [-0.2, -0.15) is 0 Å². The Hall–Kier alpha value is -0.790. The van der Waals surface area contributed by atoms with Crippen molar-refractivity contribution >= 4 is 29.9 Å². The highest BCUT2D eigenvalue weighted by Crippen LogP contribution is 2.04. The Morgan fingerprint density at radius 2 is 2.11 bits per heavy atom. The molecule has 1 aromatic rings. The first-order chi connectivity index (χ1) is 7.94. The van der Waals surface area contributed by atoms with E-state index in [0.717, 1.165) is 23.8 Å². The Bertz CT molecular complexity index is 382. The van der Waals surface area contributed by atoms with Crippen LogP contribution in [0.5, 0.6) is 0 Å². The lowest BCUT2D eigenvalue weighted by molar-refractivity contribution is 0.373. The van der Waals surface area contributed by atoms with Gasteiger partial charge in [-0.05, 0) is 27.2 Å². The van der Waals surface area contributed by atoms with E-state index in [9.17, 15) is 0 Å². The first-order valence-corrected chi connectivity index (χ1v) is 5.88. The summed E-state index contributed by atoms with van der Waals surface area (Å²) in [6.45, 7) is 8.90. The summed E-state index contributed by atoms with van der Waals surface area (Å²) in [5.74, 6) is 1.57. The zero-order valence-corrected chi connectivity index (χ0v) is 14.0. The lowest BCUT2D eigenvalue weighted by Gasteiger charge is -2.23. The molecule has 1 heterocycles. The van der Waals surface area contributed by atoms with Gasteiger partial charge in [-0.15, -0.1) is 24.0 Å². The normalized spacial score (nSPS) is 11.9. The minimum absolute atomic E-state index is 0. The second kappa shape index (κ2) is 7.60. The third-order valence-corrected chi connectivity index (χ3v) is 2.12. The fourth-order valence-corrected chi connectivity index (χ4v) is 1.31. The van der Waals surface area contributed by atoms with Crippen molar-refractivity contribution in [2.45, 2.75) is 46.2 Å². The molecule has 0 spiro atoms. The fraction of sp³-hybridized carbons (Fsp3) is 0.667. The van der Waals surface area contributed by atoms with Gasteiger partial charge in [0.05, 0.1) is 12.2 Å². The van der Waals surface area contributed by atoms with Crippen LogP contribution >= 0.6 is 24.0 Å². The molecule has 0 amide bonds. The highest BCUT2D eigenvalue weighted by atomic mass is 127. The number of nitrogens with zero attached hydrogens (tertiary/aromatic N) is 2. The van der Waals surface area contributed by atoms with Crippen LogP contribution in [0.25, 0.3) is 0 Å². The first-order valence-electron chi connectivity index (χ1n) is 5.88. The summed E-state index contributed by atoms with van der Waals surface area (Å²) in [4.78, 5) is 4.15. The lowest BCUT2D eigenvalue weighted by Crippen LogP contribution is -2.47. The molecule has 2 N–H and O–H groups in total. The highest BCUT2D eigenvalue weighted by Gasteiger charge is 2.12. The van der Waals surface area contributed by atoms with Crippen molar-refractivity contribution in [3.8, 4) is 0 Å². The summed E-state index contributed by atoms with van der Waals surface area (Å²) in [5, 5.41) is 10.4. The summed E-state index contributed by atoms with van der Waals surface area (Å²) >= 11 is 0. The molecule has 0 saturated carbocycles. The number of guanidine groups is 1. The van der Waals surface area contributed by atoms with Gasteiger partial charge in [-0.3, -0.25) is 4.99 Å². The Morgan fingerprint density at radius 3 is 2.56 bits per heavy atom. The largest absolute Gasteiger partial charge is 0.359 e. The molecule has 0 unspecified atom stereocenters. The van der Waals surface area contributed by atoms with Gasteiger partial charge < -0.3 is 15.2 Å². The van der Waals surface area contributed by atoms with Gasteiger partial charge in [0, 0.05) is 18.7 Å². The molecule has 18 heavy (non-hydrogen) atoms. The third kappa shape index (κ3) is 6.23. The SMILES string of the molecule is CCc1cc(CNC(=NC)NC(C)(C)C)on1.I. The van der Waals surface area contributed by atoms with Crippen molar-refractivity contribution in [2.24, 2.45) is 4.99 Å². The number of rotatable bonds is 3. The molecule has 0 aliphatic carbocycles. The van der Waals surface area contributed by atoms with Crippen molar-refractivity contribution in [3.63, 3.8) is 0 Å². The predicted molar refractivity (Wildman–Crippen MR) is 84.4 cm³/mol. The summed E-state index contributed by atoms with van der Waals surface area (Å²) in [5.41, 5.74) is 0.957. The van der Waals surface area contributed by atoms with Gasteiger partial charge in [0.25, 0.3) is 0 Å². The molecule has 0 aromatic carbocycles. The van der Waals surface area contributed by atoms with Crippen LogP contribution in [0, 0.1) is 0 Å². The number of hydrogen-bond donors (Lipinski definition) is 2. The summed E-state index contributed by atoms with van der Waals surface area (Å²) in [7, 11) is 1.75. The van der Waals surface area contributed by atoms with E-state index in [-0.39, 0.29) is 29.5 Å². The number of nitrogens with one attached hydrogen (secondary N) is 2. The maximum atomic E-state index is 5.19. The van der Waals surface area contributed by atoms with Gasteiger partial charge in [-0.25, -0.2) is 0 Å². The number of aliphatic imine (C=N–C) groups is 1. The molecular weight excluding hydrogens is 343 g/mol. The van der Waals surface area contributed by atoms with Gasteiger partial charge in [0.1, 0.15) is 0 Å². The summed E-state index contributed by atoms with van der Waals surface area (Å²) < 4.78 is 5.19. The second-order valence-corrected chi connectivity index (χ2v) is 4.94. The molecule has 0 aliphatic heterocycles. The van der Waals surface area contributed by atoms with Crippen molar-refractivity contribution < 1.29 is 4.52 Å². The molecule has 1 rings (SSSR count). The molecule has 104 valence electrons. The monoisotopic (exact) mass is 366 g/mol. The van der Waals surface area contributed by atoms with Gasteiger partial charge in [-0.1, -0.05) is 12.1 Å². The molecule has 0 bridgehead atoms. The minimum atomic E-state index is -0.0160. The predicted octanol–water partition coefficient (Wildman–Crippen LogP) is 2.32. The van der Waals surface area contributed by atoms with Crippen LogP contribution in [-0.4, -0.2) is 23.7 Å². The van der Waals surface area contributed by atoms with E-state index in [1.54, 1.807) is 7.05 Å². The standard InChI is InChI=1S/C12H22N4O.HI/c1-6-9-7-10(17-16-9)8-14-11(13-5)15-12(2,3)4;/h7H,6,8H2,1-5H3,(H2,13,14,15);1H. The molecule has 1 aromatic heterocycles. The Kier molecular flexibility index (Phi) is 7.27. The zero-order chi connectivity index (χ0) is 12.9. The van der Waals surface area contributed by atoms with Crippen LogP contribution < -0.4 is 10.6 Å². The van der Waals surface area contributed by atoms with E-state index in [1.807, 2.05) is 6.07 Å². The molecule has 6 heteroatoms. The highest BCUT2D eigenvalue weighted by molar-refractivity contribution is 14.0. The van der Waals surface area contributed by atoms with E-state index in [2.05, 4.69) is 48.5 Å². The molecule has 0 radical (unpaired) electrons. The average molecular weight is 366 g/mol. The Morgan fingerprint density at radius 1 is 1.44 bits per heavy atom. The zero-order valence-electron chi connectivity index (χ0n) is 11.7. The maximum absolute atomic E-state index is 5.19. The van der Waals surface area contributed by atoms with Crippen LogP contribution in [0.2, 0.25) is 0 Å². The van der Waals surface area contributed by atoms with Crippen LogP contribution in [-0.2, 0) is 13.0 Å². The number of aryl methyl sites for hydroxylation is 1. The van der Waals surface area contributed by atoms with E-state index in [0.29, 0.717) is 6.54 Å². The van der Waals surface area contributed by atoms with Gasteiger partial charge in [0.2, 0.25) is 0 Å². The number of halogens is 1. The summed E-state index contributed by atoms with van der Waals surface area (Å²) in [6, 6.07) is 1.96. The van der Waals surface area contributed by atoms with Crippen molar-refractivity contribution in [1.82, 2.24) is 15.8 Å². The second-order valence-electron chi connectivity index (χ2n) is 4.94. The Balaban J connectivity index is 0.00000289. The maximum Gasteiger partial charge on any atom is 0.191 e. The van der Waals surface area contributed by atoms with E-state index in [1.165, 1.54) is 0 Å². The van der Waals surface area contributed by atoms with Crippen molar-refractivity contribution in [3.05, 3.63) is 17.5 Å². The third-order valence-electron chi connectivity index (χ3n) is 2.12. The van der Waals surface area contributed by atoms with Crippen LogP contribution in [0.3, 0.4) is 0 Å². The molecule has 0 aliphatic rings. The van der Waals surface area contributed by atoms with Crippen molar-refractivity contribution in [2.75, 3.05) is 7.05 Å². The number of hydrogen-bond acceptors (Lipinski definition) is 3. The topological polar surface area (TPSA) is 62.5 Å². The lowest BCUT2D eigenvalue weighted by atomic mass is 10.1. The smallest absolute Gasteiger partial charge is 0.191 e. The van der Waals surface area contributed by atoms with Gasteiger partial charge in [0.15, 0.2) is 11.7 Å². The van der Waals surface area contributed by atoms with Gasteiger partial charge >= 0.3 is 0 Å². The van der Waals surface area contributed by atoms with Crippen molar-refractivity contribution in [1.29, 1.82) is 0 Å². The first kappa shape index (κ1) is 17.2. The summed E-state index contributed by atoms with van der Waals surface area (Å²) in [6.07, 6.45) is 0.887. The molecule has 0 saturated heterocycles. The average Bonchev–Trinajstić information content (AvgIpc) is 2.70. The number of aromatic nitrogens is 1. The van der Waals surface area contributed by atoms with E-state index in [4.69, 9.17) is 4.52 Å².